The smallest absolute Gasteiger partial charge is 0.130 e. The summed E-state index contributed by atoms with van der Waals surface area (Å²) < 4.78 is 0. The van der Waals surface area contributed by atoms with E-state index in [1.807, 2.05) is 13.0 Å². The SMILES string of the molecule is Cc1nc(CN)cc(NC2CC2)n1. The summed E-state index contributed by atoms with van der Waals surface area (Å²) in [5, 5.41) is 3.32. The molecule has 4 nitrogen and oxygen atoms in total. The van der Waals surface area contributed by atoms with Crippen LogP contribution in [-0.4, -0.2) is 16.0 Å². The molecule has 0 spiro atoms. The van der Waals surface area contributed by atoms with E-state index in [9.17, 15) is 0 Å². The van der Waals surface area contributed by atoms with Crippen LogP contribution in [0, 0.1) is 6.92 Å². The molecule has 0 amide bonds. The Morgan fingerprint density at radius 2 is 2.31 bits per heavy atom. The van der Waals surface area contributed by atoms with Crippen LogP contribution < -0.4 is 11.1 Å². The number of rotatable bonds is 3. The molecule has 0 bridgehead atoms. The Kier molecular flexibility index (Phi) is 2.14. The molecule has 2 rings (SSSR count). The van der Waals surface area contributed by atoms with E-state index in [-0.39, 0.29) is 0 Å². The van der Waals surface area contributed by atoms with Gasteiger partial charge in [0.25, 0.3) is 0 Å². The fourth-order valence-electron chi connectivity index (χ4n) is 1.24. The van der Waals surface area contributed by atoms with Crippen molar-refractivity contribution >= 4 is 5.82 Å². The maximum absolute atomic E-state index is 5.52. The second-order valence-electron chi connectivity index (χ2n) is 3.41. The van der Waals surface area contributed by atoms with Gasteiger partial charge >= 0.3 is 0 Å². The number of anilines is 1. The number of nitrogens with one attached hydrogen (secondary N) is 1. The highest BCUT2D eigenvalue weighted by atomic mass is 15.1. The second kappa shape index (κ2) is 3.30. The maximum atomic E-state index is 5.52. The molecule has 0 radical (unpaired) electrons. The zero-order chi connectivity index (χ0) is 9.26. The molecule has 1 aromatic heterocycles. The quantitative estimate of drug-likeness (QED) is 0.719. The summed E-state index contributed by atoms with van der Waals surface area (Å²) >= 11 is 0. The molecule has 0 atom stereocenters. The van der Waals surface area contributed by atoms with Gasteiger partial charge in [0, 0.05) is 18.7 Å². The Balaban J connectivity index is 2.17. The minimum absolute atomic E-state index is 0.475. The predicted octanol–water partition coefficient (Wildman–Crippen LogP) is 0.818. The van der Waals surface area contributed by atoms with Crippen molar-refractivity contribution in [2.75, 3.05) is 5.32 Å². The lowest BCUT2D eigenvalue weighted by atomic mass is 10.3. The van der Waals surface area contributed by atoms with Crippen molar-refractivity contribution in [1.82, 2.24) is 9.97 Å². The zero-order valence-corrected chi connectivity index (χ0v) is 7.75. The van der Waals surface area contributed by atoms with Crippen LogP contribution >= 0.6 is 0 Å². The Hall–Kier alpha value is -1.16. The molecule has 1 saturated carbocycles. The Morgan fingerprint density at radius 1 is 1.54 bits per heavy atom. The minimum Gasteiger partial charge on any atom is -0.367 e. The highest BCUT2D eigenvalue weighted by molar-refractivity contribution is 5.38. The molecule has 0 unspecified atom stereocenters. The van der Waals surface area contributed by atoms with Gasteiger partial charge in [0.1, 0.15) is 11.6 Å². The molecular weight excluding hydrogens is 164 g/mol. The van der Waals surface area contributed by atoms with Crippen LogP contribution in [0.5, 0.6) is 0 Å². The molecule has 0 aliphatic heterocycles. The molecule has 1 heterocycles. The number of nitrogens with two attached hydrogens (primary N) is 1. The van der Waals surface area contributed by atoms with Gasteiger partial charge in [-0.05, 0) is 19.8 Å². The standard InChI is InChI=1S/C9H14N4/c1-6-11-8(5-10)4-9(12-6)13-7-2-3-7/h4,7H,2-3,5,10H2,1H3,(H,11,12,13). The second-order valence-corrected chi connectivity index (χ2v) is 3.41. The molecule has 13 heavy (non-hydrogen) atoms. The topological polar surface area (TPSA) is 63.8 Å². The molecule has 1 fully saturated rings. The van der Waals surface area contributed by atoms with E-state index in [0.717, 1.165) is 17.3 Å². The van der Waals surface area contributed by atoms with Crippen molar-refractivity contribution in [2.24, 2.45) is 5.73 Å². The Morgan fingerprint density at radius 3 is 2.92 bits per heavy atom. The molecule has 1 aliphatic carbocycles. The normalized spacial score (nSPS) is 15.8. The van der Waals surface area contributed by atoms with Crippen LogP contribution in [0.2, 0.25) is 0 Å². The van der Waals surface area contributed by atoms with E-state index < -0.39 is 0 Å². The lowest BCUT2D eigenvalue weighted by Gasteiger charge is -2.05. The summed E-state index contributed by atoms with van der Waals surface area (Å²) in [5.74, 6) is 1.70. The third kappa shape index (κ3) is 2.15. The zero-order valence-electron chi connectivity index (χ0n) is 7.75. The van der Waals surface area contributed by atoms with Gasteiger partial charge in [-0.15, -0.1) is 0 Å². The van der Waals surface area contributed by atoms with E-state index in [4.69, 9.17) is 5.73 Å². The van der Waals surface area contributed by atoms with Crippen LogP contribution in [0.3, 0.4) is 0 Å². The summed E-state index contributed by atoms with van der Waals surface area (Å²) in [6, 6.07) is 2.55. The molecular formula is C9H14N4. The van der Waals surface area contributed by atoms with Gasteiger partial charge in [-0.2, -0.15) is 0 Å². The molecule has 70 valence electrons. The Bertz CT molecular complexity index is 306. The van der Waals surface area contributed by atoms with E-state index in [1.54, 1.807) is 0 Å². The number of aryl methyl sites for hydroxylation is 1. The molecule has 4 heteroatoms. The van der Waals surface area contributed by atoms with Crippen molar-refractivity contribution < 1.29 is 0 Å². The third-order valence-electron chi connectivity index (χ3n) is 2.03. The highest BCUT2D eigenvalue weighted by Crippen LogP contribution is 2.23. The number of hydrogen-bond donors (Lipinski definition) is 2. The first-order valence-electron chi connectivity index (χ1n) is 4.59. The van der Waals surface area contributed by atoms with E-state index in [0.29, 0.717) is 12.6 Å². The fourth-order valence-corrected chi connectivity index (χ4v) is 1.24. The van der Waals surface area contributed by atoms with Crippen LogP contribution in [0.4, 0.5) is 5.82 Å². The maximum Gasteiger partial charge on any atom is 0.130 e. The van der Waals surface area contributed by atoms with Crippen molar-refractivity contribution in [3.8, 4) is 0 Å². The summed E-state index contributed by atoms with van der Waals surface area (Å²) in [6.45, 7) is 2.36. The first-order valence-corrected chi connectivity index (χ1v) is 4.59. The van der Waals surface area contributed by atoms with Gasteiger partial charge in [0.15, 0.2) is 0 Å². The number of nitrogens with zero attached hydrogens (tertiary/aromatic N) is 2. The predicted molar refractivity (Wildman–Crippen MR) is 51.3 cm³/mol. The molecule has 1 aromatic rings. The Labute approximate surface area is 77.6 Å². The minimum atomic E-state index is 0.475. The monoisotopic (exact) mass is 178 g/mol. The van der Waals surface area contributed by atoms with Gasteiger partial charge in [-0.25, -0.2) is 9.97 Å². The summed E-state index contributed by atoms with van der Waals surface area (Å²) in [4.78, 5) is 8.49. The molecule has 1 aliphatic rings. The van der Waals surface area contributed by atoms with Crippen LogP contribution in [0.15, 0.2) is 6.07 Å². The molecule has 0 aromatic carbocycles. The van der Waals surface area contributed by atoms with Gasteiger partial charge < -0.3 is 11.1 Å². The van der Waals surface area contributed by atoms with Crippen molar-refractivity contribution in [1.29, 1.82) is 0 Å². The largest absolute Gasteiger partial charge is 0.367 e. The first-order chi connectivity index (χ1) is 6.28. The van der Waals surface area contributed by atoms with Gasteiger partial charge in [0.2, 0.25) is 0 Å². The average molecular weight is 178 g/mol. The molecule has 3 N–H and O–H groups in total. The van der Waals surface area contributed by atoms with Crippen LogP contribution in [0.25, 0.3) is 0 Å². The fraction of sp³-hybridized carbons (Fsp3) is 0.556. The van der Waals surface area contributed by atoms with Crippen LogP contribution in [0.1, 0.15) is 24.4 Å². The number of aromatic nitrogens is 2. The van der Waals surface area contributed by atoms with Crippen LogP contribution in [-0.2, 0) is 6.54 Å². The average Bonchev–Trinajstić information content (AvgIpc) is 2.87. The van der Waals surface area contributed by atoms with Gasteiger partial charge in [-0.3, -0.25) is 0 Å². The first kappa shape index (κ1) is 8.44. The van der Waals surface area contributed by atoms with Gasteiger partial charge in [-0.1, -0.05) is 0 Å². The lowest BCUT2D eigenvalue weighted by molar-refractivity contribution is 0.920. The number of hydrogen-bond acceptors (Lipinski definition) is 4. The molecule has 0 saturated heterocycles. The van der Waals surface area contributed by atoms with E-state index in [2.05, 4.69) is 15.3 Å². The van der Waals surface area contributed by atoms with Crippen molar-refractivity contribution in [2.45, 2.75) is 32.4 Å². The summed E-state index contributed by atoms with van der Waals surface area (Å²) in [6.07, 6.45) is 2.50. The summed E-state index contributed by atoms with van der Waals surface area (Å²) in [7, 11) is 0. The lowest BCUT2D eigenvalue weighted by Crippen LogP contribution is -2.08. The van der Waals surface area contributed by atoms with Gasteiger partial charge in [0.05, 0.1) is 5.69 Å². The van der Waals surface area contributed by atoms with E-state index in [1.165, 1.54) is 12.8 Å². The highest BCUT2D eigenvalue weighted by Gasteiger charge is 2.21. The van der Waals surface area contributed by atoms with Crippen molar-refractivity contribution in [3.05, 3.63) is 17.6 Å². The summed E-state index contributed by atoms with van der Waals surface area (Å²) in [5.41, 5.74) is 6.41. The third-order valence-corrected chi connectivity index (χ3v) is 2.03. The van der Waals surface area contributed by atoms with Crippen molar-refractivity contribution in [3.63, 3.8) is 0 Å². The van der Waals surface area contributed by atoms with E-state index >= 15 is 0 Å².